The molecule has 10 heteroatoms. The lowest BCUT2D eigenvalue weighted by molar-refractivity contribution is -0.115. The van der Waals surface area contributed by atoms with Gasteiger partial charge in [0.05, 0.1) is 12.1 Å². The van der Waals surface area contributed by atoms with Crippen LogP contribution >= 0.6 is 15.9 Å². The van der Waals surface area contributed by atoms with Crippen LogP contribution in [0, 0.1) is 11.6 Å². The van der Waals surface area contributed by atoms with Crippen molar-refractivity contribution >= 4 is 40.0 Å². The number of anilines is 1. The van der Waals surface area contributed by atoms with Crippen molar-refractivity contribution in [3.63, 3.8) is 0 Å². The van der Waals surface area contributed by atoms with Gasteiger partial charge < -0.3 is 16.4 Å². The van der Waals surface area contributed by atoms with Gasteiger partial charge in [0.2, 0.25) is 6.41 Å². The number of aliphatic imine (C=N–C) groups is 1. The van der Waals surface area contributed by atoms with Crippen LogP contribution < -0.4 is 16.4 Å². The lowest BCUT2D eigenvalue weighted by atomic mass is 9.95. The fourth-order valence-corrected chi connectivity index (χ4v) is 4.08. The molecule has 0 atom stereocenters. The molecule has 3 aromatic carbocycles. The first-order valence-electron chi connectivity index (χ1n) is 11.4. The molecule has 0 aliphatic rings. The van der Waals surface area contributed by atoms with Gasteiger partial charge in [0.15, 0.2) is 5.96 Å². The average Bonchev–Trinajstić information content (AvgIpc) is 2.80. The zero-order valence-corrected chi connectivity index (χ0v) is 22.1. The molecule has 0 heterocycles. The third-order valence-corrected chi connectivity index (χ3v) is 5.80. The van der Waals surface area contributed by atoms with E-state index in [9.17, 15) is 18.4 Å². The van der Waals surface area contributed by atoms with Gasteiger partial charge >= 0.3 is 6.03 Å². The predicted molar refractivity (Wildman–Crippen MR) is 144 cm³/mol. The summed E-state index contributed by atoms with van der Waals surface area (Å²) in [6.07, 6.45) is 0.810. The van der Waals surface area contributed by atoms with Gasteiger partial charge in [0.1, 0.15) is 11.6 Å². The number of halogens is 3. The second kappa shape index (κ2) is 12.4. The van der Waals surface area contributed by atoms with Gasteiger partial charge in [0.25, 0.3) is 0 Å². The summed E-state index contributed by atoms with van der Waals surface area (Å²) in [6.45, 7) is 4.02. The van der Waals surface area contributed by atoms with E-state index >= 15 is 0 Å². The third-order valence-electron chi connectivity index (χ3n) is 5.31. The van der Waals surface area contributed by atoms with Crippen molar-refractivity contribution in [1.82, 2.24) is 10.2 Å². The van der Waals surface area contributed by atoms with Gasteiger partial charge in [-0.15, -0.1) is 0 Å². The second-order valence-corrected chi connectivity index (χ2v) is 10.0. The first-order chi connectivity index (χ1) is 17.5. The van der Waals surface area contributed by atoms with Gasteiger partial charge in [-0.2, -0.15) is 0 Å². The third kappa shape index (κ3) is 8.98. The molecule has 3 rings (SSSR count). The van der Waals surface area contributed by atoms with Gasteiger partial charge in [-0.25, -0.2) is 18.6 Å². The van der Waals surface area contributed by atoms with E-state index in [1.807, 2.05) is 36.4 Å². The van der Waals surface area contributed by atoms with Gasteiger partial charge in [-0.05, 0) is 67.3 Å². The minimum Gasteiger partial charge on any atom is -0.369 e. The summed E-state index contributed by atoms with van der Waals surface area (Å²) < 4.78 is 27.9. The maximum absolute atomic E-state index is 13.5. The van der Waals surface area contributed by atoms with Crippen molar-refractivity contribution in [3.05, 3.63) is 99.5 Å². The second-order valence-electron chi connectivity index (χ2n) is 9.10. The Morgan fingerprint density at radius 1 is 1.03 bits per heavy atom. The van der Waals surface area contributed by atoms with Crippen LogP contribution in [0.25, 0.3) is 0 Å². The molecule has 0 radical (unpaired) electrons. The summed E-state index contributed by atoms with van der Waals surface area (Å²) in [7, 11) is 0. The lowest BCUT2D eigenvalue weighted by Gasteiger charge is -2.24. The smallest absolute Gasteiger partial charge is 0.319 e. The van der Waals surface area contributed by atoms with Crippen LogP contribution in [0.15, 0.2) is 76.2 Å². The van der Waals surface area contributed by atoms with Crippen molar-refractivity contribution in [2.24, 2.45) is 10.7 Å². The summed E-state index contributed by atoms with van der Waals surface area (Å²) in [5.41, 5.74) is 8.07. The quantitative estimate of drug-likeness (QED) is 0.183. The Kier molecular flexibility index (Phi) is 9.35. The Morgan fingerprint density at radius 3 is 2.30 bits per heavy atom. The van der Waals surface area contributed by atoms with Gasteiger partial charge in [-0.3, -0.25) is 9.69 Å². The number of amides is 3. The molecule has 0 fully saturated rings. The van der Waals surface area contributed by atoms with Gasteiger partial charge in [0, 0.05) is 22.8 Å². The number of guanidine groups is 1. The average molecular weight is 572 g/mol. The van der Waals surface area contributed by atoms with Crippen LogP contribution in [0.4, 0.5) is 19.3 Å². The summed E-state index contributed by atoms with van der Waals surface area (Å²) in [6, 6.07) is 17.6. The Labute approximate surface area is 222 Å². The number of benzene rings is 3. The molecule has 3 amide bonds. The molecule has 0 aliphatic heterocycles. The number of hydrogen-bond acceptors (Lipinski definition) is 3. The largest absolute Gasteiger partial charge is 0.369 e. The van der Waals surface area contributed by atoms with E-state index in [4.69, 9.17) is 5.73 Å². The molecule has 0 spiro atoms. The van der Waals surface area contributed by atoms with Crippen LogP contribution in [0.1, 0.15) is 30.5 Å². The topological polar surface area (TPSA) is 99.8 Å². The monoisotopic (exact) mass is 571 g/mol. The SMILES string of the molecule is CC(C)(Cc1cc(F)cc(F)c1)N=C(N)N(C=O)Cc1ccc(CNC(=O)Nc2cccc(Br)c2)cc1. The summed E-state index contributed by atoms with van der Waals surface area (Å²) in [5.74, 6) is -1.34. The number of hydrogen-bond donors (Lipinski definition) is 3. The Bertz CT molecular complexity index is 1260. The Morgan fingerprint density at radius 2 is 1.68 bits per heavy atom. The van der Waals surface area contributed by atoms with E-state index in [2.05, 4.69) is 31.6 Å². The maximum atomic E-state index is 13.5. The van der Waals surface area contributed by atoms with Crippen molar-refractivity contribution in [2.75, 3.05) is 5.32 Å². The van der Waals surface area contributed by atoms with E-state index in [0.717, 1.165) is 21.7 Å². The molecule has 0 aromatic heterocycles. The van der Waals surface area contributed by atoms with E-state index in [0.29, 0.717) is 24.2 Å². The fraction of sp³-hybridized carbons (Fsp3) is 0.222. The molecular weight excluding hydrogens is 544 g/mol. The van der Waals surface area contributed by atoms with Crippen molar-refractivity contribution in [3.8, 4) is 0 Å². The fourth-order valence-electron chi connectivity index (χ4n) is 3.68. The predicted octanol–water partition coefficient (Wildman–Crippen LogP) is 5.34. The zero-order chi connectivity index (χ0) is 27.0. The Balaban J connectivity index is 1.56. The minimum absolute atomic E-state index is 0.00756. The van der Waals surface area contributed by atoms with E-state index in [1.165, 1.54) is 17.0 Å². The molecule has 0 saturated heterocycles. The molecule has 0 unspecified atom stereocenters. The van der Waals surface area contributed by atoms with Crippen molar-refractivity contribution in [2.45, 2.75) is 38.9 Å². The maximum Gasteiger partial charge on any atom is 0.319 e. The van der Waals surface area contributed by atoms with E-state index < -0.39 is 17.2 Å². The number of carbonyl (C=O) groups excluding carboxylic acids is 2. The number of nitrogens with two attached hydrogens (primary N) is 1. The first-order valence-corrected chi connectivity index (χ1v) is 12.2. The van der Waals surface area contributed by atoms with Crippen LogP contribution in [0.5, 0.6) is 0 Å². The number of carbonyl (C=O) groups is 2. The van der Waals surface area contributed by atoms with Crippen LogP contribution in [0.2, 0.25) is 0 Å². The standard InChI is InChI=1S/C27H28BrF2N5O2/c1-27(2,14-20-10-22(29)13-23(30)11-20)34-25(31)35(17-36)16-19-8-6-18(7-9-19)15-32-26(37)33-24-5-3-4-21(28)12-24/h3-13,17H,14-16H2,1-2H3,(H2,31,34)(H2,32,33,37). The molecule has 7 nitrogen and oxygen atoms in total. The molecule has 194 valence electrons. The number of urea groups is 1. The normalized spacial score (nSPS) is 11.6. The lowest BCUT2D eigenvalue weighted by Crippen LogP contribution is -2.39. The molecule has 0 saturated carbocycles. The van der Waals surface area contributed by atoms with Crippen LogP contribution in [-0.2, 0) is 24.3 Å². The number of rotatable bonds is 9. The van der Waals surface area contributed by atoms with E-state index in [1.54, 1.807) is 26.0 Å². The summed E-state index contributed by atoms with van der Waals surface area (Å²) >= 11 is 3.36. The molecular formula is C27H28BrF2N5O2. The number of nitrogens with one attached hydrogen (secondary N) is 2. The minimum atomic E-state index is -0.808. The molecule has 37 heavy (non-hydrogen) atoms. The zero-order valence-electron chi connectivity index (χ0n) is 20.5. The highest BCUT2D eigenvalue weighted by atomic mass is 79.9. The molecule has 3 aromatic rings. The van der Waals surface area contributed by atoms with E-state index in [-0.39, 0.29) is 25.0 Å². The first kappa shape index (κ1) is 27.8. The summed E-state index contributed by atoms with van der Waals surface area (Å²) in [4.78, 5) is 29.5. The Hall–Kier alpha value is -3.79. The highest BCUT2D eigenvalue weighted by Gasteiger charge is 2.21. The van der Waals surface area contributed by atoms with Gasteiger partial charge in [-0.1, -0.05) is 46.3 Å². The molecule has 0 bridgehead atoms. The summed E-state index contributed by atoms with van der Waals surface area (Å²) in [5, 5.41) is 5.55. The van der Waals surface area contributed by atoms with Crippen LogP contribution in [0.3, 0.4) is 0 Å². The molecule has 4 N–H and O–H groups in total. The van der Waals surface area contributed by atoms with Crippen LogP contribution in [-0.4, -0.2) is 28.8 Å². The van der Waals surface area contributed by atoms with Crippen molar-refractivity contribution < 1.29 is 18.4 Å². The highest BCUT2D eigenvalue weighted by molar-refractivity contribution is 9.10. The van der Waals surface area contributed by atoms with Crippen molar-refractivity contribution in [1.29, 1.82) is 0 Å². The number of nitrogens with zero attached hydrogens (tertiary/aromatic N) is 2. The highest BCUT2D eigenvalue weighted by Crippen LogP contribution is 2.20. The molecule has 0 aliphatic carbocycles.